The van der Waals surface area contributed by atoms with Crippen LogP contribution in [0.1, 0.15) is 18.1 Å². The zero-order chi connectivity index (χ0) is 14.3. The fourth-order valence-corrected chi connectivity index (χ4v) is 2.15. The van der Waals surface area contributed by atoms with Crippen LogP contribution in [0.4, 0.5) is 0 Å². The fourth-order valence-electron chi connectivity index (χ4n) is 2.15. The topological polar surface area (TPSA) is 64.5 Å². The molecule has 4 N–H and O–H groups in total. The Morgan fingerprint density at radius 1 is 1.37 bits per heavy atom. The van der Waals surface area contributed by atoms with Gasteiger partial charge < -0.3 is 21.1 Å². The Kier molecular flexibility index (Phi) is 6.84. The van der Waals surface area contributed by atoms with E-state index < -0.39 is 0 Å². The number of hydrogen-bond donors (Lipinski definition) is 2. The number of likely N-dealkylation sites (N-methyl/N-ethyl adjacent to an activating group) is 1. The molecule has 19 heavy (non-hydrogen) atoms. The highest BCUT2D eigenvalue weighted by molar-refractivity contribution is 5.37. The monoisotopic (exact) mass is 265 g/mol. The molecule has 0 fully saturated rings. The standard InChI is InChI=1S/C15H27N3O/c1-4-13-9-12(5-6-15(13)19-3)7-8-18(2)11-14(17)10-16/h5-6,9,14H,4,7-8,10-11,16-17H2,1-3H3. The number of nitrogens with two attached hydrogens (primary N) is 2. The molecule has 0 aromatic heterocycles. The van der Waals surface area contributed by atoms with Crippen LogP contribution in [0.3, 0.4) is 0 Å². The van der Waals surface area contributed by atoms with Crippen LogP contribution in [-0.4, -0.2) is 44.7 Å². The summed E-state index contributed by atoms with van der Waals surface area (Å²) in [5, 5.41) is 0. The van der Waals surface area contributed by atoms with E-state index in [1.54, 1.807) is 7.11 Å². The van der Waals surface area contributed by atoms with Crippen molar-refractivity contribution >= 4 is 0 Å². The van der Waals surface area contributed by atoms with Crippen molar-refractivity contribution in [2.75, 3.05) is 33.8 Å². The number of methoxy groups -OCH3 is 1. The van der Waals surface area contributed by atoms with Gasteiger partial charge in [0, 0.05) is 25.7 Å². The van der Waals surface area contributed by atoms with Crippen LogP contribution < -0.4 is 16.2 Å². The van der Waals surface area contributed by atoms with E-state index in [0.717, 1.165) is 31.7 Å². The quantitative estimate of drug-likeness (QED) is 0.736. The second kappa shape index (κ2) is 8.15. The number of ether oxygens (including phenoxy) is 1. The van der Waals surface area contributed by atoms with E-state index in [9.17, 15) is 0 Å². The largest absolute Gasteiger partial charge is 0.496 e. The summed E-state index contributed by atoms with van der Waals surface area (Å²) in [6.45, 7) is 4.51. The van der Waals surface area contributed by atoms with Crippen LogP contribution in [0.2, 0.25) is 0 Å². The first kappa shape index (κ1) is 16.0. The average Bonchev–Trinajstić information content (AvgIpc) is 2.44. The van der Waals surface area contributed by atoms with Crippen molar-refractivity contribution in [2.45, 2.75) is 25.8 Å². The average molecular weight is 265 g/mol. The fraction of sp³-hybridized carbons (Fsp3) is 0.600. The second-order valence-corrected chi connectivity index (χ2v) is 5.01. The van der Waals surface area contributed by atoms with Gasteiger partial charge in [0.25, 0.3) is 0 Å². The van der Waals surface area contributed by atoms with Crippen LogP contribution in [0.15, 0.2) is 18.2 Å². The number of nitrogens with zero attached hydrogens (tertiary/aromatic N) is 1. The lowest BCUT2D eigenvalue weighted by molar-refractivity contribution is 0.316. The Hall–Kier alpha value is -1.10. The number of aryl methyl sites for hydroxylation is 1. The van der Waals surface area contributed by atoms with Gasteiger partial charge in [0.15, 0.2) is 0 Å². The van der Waals surface area contributed by atoms with Crippen LogP contribution in [0.25, 0.3) is 0 Å². The second-order valence-electron chi connectivity index (χ2n) is 5.01. The maximum atomic E-state index is 5.84. The molecule has 0 amide bonds. The lowest BCUT2D eigenvalue weighted by Crippen LogP contribution is -2.41. The molecule has 0 radical (unpaired) electrons. The van der Waals surface area contributed by atoms with Crippen LogP contribution in [0.5, 0.6) is 5.75 Å². The molecular weight excluding hydrogens is 238 g/mol. The summed E-state index contributed by atoms with van der Waals surface area (Å²) in [6, 6.07) is 6.48. The van der Waals surface area contributed by atoms with Gasteiger partial charge in [0.2, 0.25) is 0 Å². The van der Waals surface area contributed by atoms with E-state index in [2.05, 4.69) is 37.1 Å². The molecule has 0 aliphatic carbocycles. The Morgan fingerprint density at radius 3 is 2.68 bits per heavy atom. The molecule has 4 nitrogen and oxygen atoms in total. The normalized spacial score (nSPS) is 12.7. The molecule has 4 heteroatoms. The minimum absolute atomic E-state index is 0.0621. The summed E-state index contributed by atoms with van der Waals surface area (Å²) >= 11 is 0. The Morgan fingerprint density at radius 2 is 2.11 bits per heavy atom. The molecule has 0 heterocycles. The van der Waals surface area contributed by atoms with Gasteiger partial charge in [-0.15, -0.1) is 0 Å². The minimum atomic E-state index is 0.0621. The van der Waals surface area contributed by atoms with E-state index in [-0.39, 0.29) is 6.04 Å². The first-order valence-corrected chi connectivity index (χ1v) is 6.90. The van der Waals surface area contributed by atoms with Crippen LogP contribution in [-0.2, 0) is 12.8 Å². The van der Waals surface area contributed by atoms with Gasteiger partial charge in [0.05, 0.1) is 7.11 Å². The van der Waals surface area contributed by atoms with Crippen LogP contribution in [0, 0.1) is 0 Å². The Balaban J connectivity index is 2.53. The molecule has 1 aromatic carbocycles. The van der Waals surface area contributed by atoms with Gasteiger partial charge in [0.1, 0.15) is 5.75 Å². The third-order valence-corrected chi connectivity index (χ3v) is 3.36. The van der Waals surface area contributed by atoms with Gasteiger partial charge in [-0.3, -0.25) is 0 Å². The zero-order valence-electron chi connectivity index (χ0n) is 12.4. The number of benzene rings is 1. The van der Waals surface area contributed by atoms with Crippen molar-refractivity contribution in [1.82, 2.24) is 4.90 Å². The first-order chi connectivity index (χ1) is 9.10. The minimum Gasteiger partial charge on any atom is -0.496 e. The molecule has 1 atom stereocenters. The van der Waals surface area contributed by atoms with E-state index in [1.807, 2.05) is 0 Å². The molecule has 1 unspecified atom stereocenters. The summed E-state index contributed by atoms with van der Waals surface area (Å²) in [5.41, 5.74) is 14.0. The van der Waals surface area contributed by atoms with Crippen molar-refractivity contribution in [3.05, 3.63) is 29.3 Å². The third-order valence-electron chi connectivity index (χ3n) is 3.36. The smallest absolute Gasteiger partial charge is 0.122 e. The predicted molar refractivity (Wildman–Crippen MR) is 80.6 cm³/mol. The summed E-state index contributed by atoms with van der Waals surface area (Å²) in [7, 11) is 3.80. The first-order valence-electron chi connectivity index (χ1n) is 6.90. The number of rotatable bonds is 8. The summed E-state index contributed by atoms with van der Waals surface area (Å²) in [6.07, 6.45) is 2.01. The maximum absolute atomic E-state index is 5.84. The van der Waals surface area contributed by atoms with Gasteiger partial charge in [-0.25, -0.2) is 0 Å². The van der Waals surface area contributed by atoms with Crippen LogP contribution >= 0.6 is 0 Å². The molecule has 0 aliphatic heterocycles. The Bertz CT molecular complexity index is 382. The van der Waals surface area contributed by atoms with Crippen molar-refractivity contribution in [2.24, 2.45) is 11.5 Å². The van der Waals surface area contributed by atoms with E-state index in [4.69, 9.17) is 16.2 Å². The molecule has 0 saturated carbocycles. The van der Waals surface area contributed by atoms with Crippen molar-refractivity contribution in [3.8, 4) is 5.75 Å². The summed E-state index contributed by atoms with van der Waals surface area (Å²) in [4.78, 5) is 2.23. The van der Waals surface area contributed by atoms with Gasteiger partial charge in [-0.1, -0.05) is 19.1 Å². The van der Waals surface area contributed by atoms with Gasteiger partial charge in [-0.2, -0.15) is 0 Å². The summed E-state index contributed by atoms with van der Waals surface area (Å²) in [5.74, 6) is 0.977. The van der Waals surface area contributed by atoms with Crippen molar-refractivity contribution in [3.63, 3.8) is 0 Å². The maximum Gasteiger partial charge on any atom is 0.122 e. The number of hydrogen-bond acceptors (Lipinski definition) is 4. The molecule has 0 aliphatic rings. The predicted octanol–water partition coefficient (Wildman–Crippen LogP) is 1.02. The van der Waals surface area contributed by atoms with Crippen molar-refractivity contribution < 1.29 is 4.74 Å². The lowest BCUT2D eigenvalue weighted by atomic mass is 10.0. The molecule has 0 bridgehead atoms. The van der Waals surface area contributed by atoms with Crippen molar-refractivity contribution in [1.29, 1.82) is 0 Å². The zero-order valence-corrected chi connectivity index (χ0v) is 12.4. The molecule has 1 aromatic rings. The van der Waals surface area contributed by atoms with E-state index >= 15 is 0 Å². The van der Waals surface area contributed by atoms with Gasteiger partial charge >= 0.3 is 0 Å². The summed E-state index contributed by atoms with van der Waals surface area (Å²) < 4.78 is 5.34. The molecule has 0 saturated heterocycles. The molecule has 1 rings (SSSR count). The molecular formula is C15H27N3O. The SMILES string of the molecule is CCc1cc(CCN(C)CC(N)CN)ccc1OC. The van der Waals surface area contributed by atoms with E-state index in [0.29, 0.717) is 6.54 Å². The third kappa shape index (κ3) is 5.19. The highest BCUT2D eigenvalue weighted by Gasteiger charge is 2.06. The highest BCUT2D eigenvalue weighted by atomic mass is 16.5. The van der Waals surface area contributed by atoms with E-state index in [1.165, 1.54) is 11.1 Å². The lowest BCUT2D eigenvalue weighted by Gasteiger charge is -2.20. The van der Waals surface area contributed by atoms with Gasteiger partial charge in [-0.05, 0) is 37.1 Å². The highest BCUT2D eigenvalue weighted by Crippen LogP contribution is 2.20. The Labute approximate surface area is 116 Å². The molecule has 0 spiro atoms. The molecule has 108 valence electrons.